The summed E-state index contributed by atoms with van der Waals surface area (Å²) in [7, 11) is -3.73. The Morgan fingerprint density at radius 1 is 1.12 bits per heavy atom. The maximum absolute atomic E-state index is 12.8. The standard InChI is InChI=1S/C17H18N4O2S2/c1-10-6-14(9-19-8-10)21-25(22,23)15-7-13(5-4-11(15)2)16-12(3)20-17(18)24-16/h4-9,21H,1-3H3,(H2,18,20). The Balaban J connectivity index is 2.04. The lowest BCUT2D eigenvalue weighted by molar-refractivity contribution is 0.600. The summed E-state index contributed by atoms with van der Waals surface area (Å²) in [6.07, 6.45) is 3.15. The molecule has 6 nitrogen and oxygen atoms in total. The fraction of sp³-hybridized carbons (Fsp3) is 0.176. The highest BCUT2D eigenvalue weighted by Gasteiger charge is 2.19. The maximum Gasteiger partial charge on any atom is 0.262 e. The number of hydrogen-bond acceptors (Lipinski definition) is 6. The molecule has 3 rings (SSSR count). The van der Waals surface area contributed by atoms with Gasteiger partial charge in [0.15, 0.2) is 5.13 Å². The van der Waals surface area contributed by atoms with Crippen molar-refractivity contribution in [1.29, 1.82) is 0 Å². The molecule has 0 aliphatic carbocycles. The highest BCUT2D eigenvalue weighted by molar-refractivity contribution is 7.92. The first kappa shape index (κ1) is 17.4. The van der Waals surface area contributed by atoms with Crippen molar-refractivity contribution in [3.05, 3.63) is 53.5 Å². The Hall–Kier alpha value is -2.45. The van der Waals surface area contributed by atoms with Gasteiger partial charge in [0, 0.05) is 6.20 Å². The van der Waals surface area contributed by atoms with E-state index < -0.39 is 10.0 Å². The van der Waals surface area contributed by atoms with E-state index in [-0.39, 0.29) is 4.90 Å². The monoisotopic (exact) mass is 374 g/mol. The van der Waals surface area contributed by atoms with Crippen LogP contribution in [0.4, 0.5) is 10.8 Å². The predicted molar refractivity (Wildman–Crippen MR) is 101 cm³/mol. The third kappa shape index (κ3) is 3.64. The maximum atomic E-state index is 12.8. The van der Waals surface area contributed by atoms with Gasteiger partial charge in [0.1, 0.15) is 0 Å². The van der Waals surface area contributed by atoms with E-state index in [2.05, 4.69) is 14.7 Å². The summed E-state index contributed by atoms with van der Waals surface area (Å²) < 4.78 is 28.3. The predicted octanol–water partition coefficient (Wildman–Crippen LogP) is 3.51. The van der Waals surface area contributed by atoms with E-state index in [4.69, 9.17) is 5.73 Å². The highest BCUT2D eigenvalue weighted by atomic mass is 32.2. The van der Waals surface area contributed by atoms with Crippen molar-refractivity contribution >= 4 is 32.2 Å². The fourth-order valence-electron chi connectivity index (χ4n) is 2.54. The van der Waals surface area contributed by atoms with E-state index in [1.165, 1.54) is 17.5 Å². The molecule has 0 saturated heterocycles. The molecule has 0 unspecified atom stereocenters. The van der Waals surface area contributed by atoms with Crippen LogP contribution in [0.2, 0.25) is 0 Å². The molecular formula is C17H18N4O2S2. The molecule has 0 atom stereocenters. The van der Waals surface area contributed by atoms with E-state index in [9.17, 15) is 8.42 Å². The third-order valence-electron chi connectivity index (χ3n) is 3.68. The highest BCUT2D eigenvalue weighted by Crippen LogP contribution is 2.33. The lowest BCUT2D eigenvalue weighted by Crippen LogP contribution is -2.14. The van der Waals surface area contributed by atoms with Crippen LogP contribution < -0.4 is 10.5 Å². The Kier molecular flexibility index (Phi) is 4.49. The van der Waals surface area contributed by atoms with Crippen molar-refractivity contribution in [1.82, 2.24) is 9.97 Å². The summed E-state index contributed by atoms with van der Waals surface area (Å²) >= 11 is 1.34. The third-order valence-corrected chi connectivity index (χ3v) is 6.24. The van der Waals surface area contributed by atoms with Crippen LogP contribution in [0.25, 0.3) is 10.4 Å². The molecule has 0 radical (unpaired) electrons. The van der Waals surface area contributed by atoms with Crippen LogP contribution in [-0.4, -0.2) is 18.4 Å². The number of nitrogens with two attached hydrogens (primary N) is 1. The van der Waals surface area contributed by atoms with Gasteiger partial charge in [0.25, 0.3) is 10.0 Å². The minimum Gasteiger partial charge on any atom is -0.375 e. The second kappa shape index (κ2) is 6.45. The number of pyridine rings is 1. The van der Waals surface area contributed by atoms with E-state index in [0.717, 1.165) is 21.7 Å². The van der Waals surface area contributed by atoms with Crippen molar-refractivity contribution in [3.8, 4) is 10.4 Å². The smallest absolute Gasteiger partial charge is 0.262 e. The van der Waals surface area contributed by atoms with Crippen LogP contribution in [0.3, 0.4) is 0 Å². The van der Waals surface area contributed by atoms with Crippen LogP contribution >= 0.6 is 11.3 Å². The molecule has 3 aromatic rings. The van der Waals surface area contributed by atoms with Gasteiger partial charge in [-0.1, -0.05) is 23.5 Å². The van der Waals surface area contributed by atoms with E-state index in [0.29, 0.717) is 16.4 Å². The van der Waals surface area contributed by atoms with Crippen molar-refractivity contribution in [2.24, 2.45) is 0 Å². The summed E-state index contributed by atoms with van der Waals surface area (Å²) in [5.74, 6) is 0. The Morgan fingerprint density at radius 2 is 1.88 bits per heavy atom. The van der Waals surface area contributed by atoms with Gasteiger partial charge in [0.2, 0.25) is 0 Å². The minimum atomic E-state index is -3.73. The fourth-order valence-corrected chi connectivity index (χ4v) is 4.67. The SMILES string of the molecule is Cc1cncc(NS(=O)(=O)c2cc(-c3sc(N)nc3C)ccc2C)c1. The Labute approximate surface area is 150 Å². The van der Waals surface area contributed by atoms with Gasteiger partial charge in [-0.2, -0.15) is 0 Å². The van der Waals surface area contributed by atoms with Crippen LogP contribution in [0, 0.1) is 20.8 Å². The lowest BCUT2D eigenvalue weighted by atomic mass is 10.1. The van der Waals surface area contributed by atoms with E-state index in [1.54, 1.807) is 31.3 Å². The topological polar surface area (TPSA) is 98.0 Å². The molecule has 130 valence electrons. The first-order valence-corrected chi connectivity index (χ1v) is 9.84. The molecule has 2 heterocycles. The largest absolute Gasteiger partial charge is 0.375 e. The van der Waals surface area contributed by atoms with Crippen molar-refractivity contribution in [2.45, 2.75) is 25.7 Å². The van der Waals surface area contributed by atoms with Gasteiger partial charge in [-0.05, 0) is 49.6 Å². The first-order chi connectivity index (χ1) is 11.8. The molecule has 25 heavy (non-hydrogen) atoms. The second-order valence-corrected chi connectivity index (χ2v) is 8.48. The minimum absolute atomic E-state index is 0.220. The molecule has 0 aliphatic heterocycles. The number of sulfonamides is 1. The number of rotatable bonds is 4. The number of nitrogens with zero attached hydrogens (tertiary/aromatic N) is 2. The van der Waals surface area contributed by atoms with Crippen LogP contribution in [0.1, 0.15) is 16.8 Å². The van der Waals surface area contributed by atoms with E-state index in [1.807, 2.05) is 19.9 Å². The van der Waals surface area contributed by atoms with Crippen LogP contribution in [-0.2, 0) is 10.0 Å². The zero-order valence-corrected chi connectivity index (χ0v) is 15.7. The molecule has 0 bridgehead atoms. The second-order valence-electron chi connectivity index (χ2n) is 5.80. The molecule has 1 aromatic carbocycles. The van der Waals surface area contributed by atoms with Crippen molar-refractivity contribution in [3.63, 3.8) is 0 Å². The number of nitrogen functional groups attached to an aromatic ring is 1. The molecule has 2 aromatic heterocycles. The zero-order chi connectivity index (χ0) is 18.2. The number of aryl methyl sites for hydroxylation is 3. The number of thiazole rings is 1. The van der Waals surface area contributed by atoms with Crippen LogP contribution in [0.15, 0.2) is 41.6 Å². The summed E-state index contributed by atoms with van der Waals surface area (Å²) in [6.45, 7) is 5.47. The molecule has 0 amide bonds. The Morgan fingerprint density at radius 3 is 2.52 bits per heavy atom. The summed E-state index contributed by atoms with van der Waals surface area (Å²) in [5.41, 5.74) is 9.29. The normalized spacial score (nSPS) is 11.5. The molecule has 0 saturated carbocycles. The lowest BCUT2D eigenvalue weighted by Gasteiger charge is -2.12. The zero-order valence-electron chi connectivity index (χ0n) is 14.1. The molecule has 3 N–H and O–H groups in total. The molecular weight excluding hydrogens is 356 g/mol. The first-order valence-electron chi connectivity index (χ1n) is 7.54. The van der Waals surface area contributed by atoms with Crippen LogP contribution in [0.5, 0.6) is 0 Å². The molecule has 8 heteroatoms. The number of anilines is 2. The van der Waals surface area contributed by atoms with Gasteiger partial charge < -0.3 is 5.73 Å². The van der Waals surface area contributed by atoms with Gasteiger partial charge >= 0.3 is 0 Å². The van der Waals surface area contributed by atoms with Gasteiger partial charge in [-0.25, -0.2) is 13.4 Å². The van der Waals surface area contributed by atoms with Crippen molar-refractivity contribution < 1.29 is 8.42 Å². The average Bonchev–Trinajstić information content (AvgIpc) is 2.86. The number of nitrogens with one attached hydrogen (secondary N) is 1. The summed E-state index contributed by atoms with van der Waals surface area (Å²) in [5, 5.41) is 0.460. The average molecular weight is 374 g/mol. The van der Waals surface area contributed by atoms with E-state index >= 15 is 0 Å². The van der Waals surface area contributed by atoms with Gasteiger partial charge in [-0.3, -0.25) is 9.71 Å². The van der Waals surface area contributed by atoms with Gasteiger partial charge in [-0.15, -0.1) is 0 Å². The number of hydrogen-bond donors (Lipinski definition) is 2. The number of aromatic nitrogens is 2. The molecule has 0 fully saturated rings. The number of benzene rings is 1. The Bertz CT molecular complexity index is 1040. The van der Waals surface area contributed by atoms with Crippen molar-refractivity contribution in [2.75, 3.05) is 10.5 Å². The summed E-state index contributed by atoms with van der Waals surface area (Å²) in [6, 6.07) is 7.05. The summed E-state index contributed by atoms with van der Waals surface area (Å²) in [4.78, 5) is 9.31. The van der Waals surface area contributed by atoms with Gasteiger partial charge in [0.05, 0.1) is 27.4 Å². The molecule has 0 spiro atoms. The quantitative estimate of drug-likeness (QED) is 0.728. The molecule has 0 aliphatic rings.